The standard InChI is InChI=1S/C16H14F3N3O3S/c1-2-26(24)15-21-13-12(7-8-20-13)14(23)22(15)10-3-5-11(6-4-10)25-9-16(17,18)19/h3-8,20H,2,9H2,1H3. The van der Waals surface area contributed by atoms with Gasteiger partial charge in [0.15, 0.2) is 6.61 Å². The Hall–Kier alpha value is -2.62. The summed E-state index contributed by atoms with van der Waals surface area (Å²) in [7, 11) is -1.52. The van der Waals surface area contributed by atoms with Crippen molar-refractivity contribution in [2.75, 3.05) is 12.4 Å². The number of ether oxygens (including phenoxy) is 1. The molecule has 0 aliphatic rings. The molecule has 3 rings (SSSR count). The number of hydrogen-bond donors (Lipinski definition) is 1. The molecular formula is C16H14F3N3O3S. The van der Waals surface area contributed by atoms with Gasteiger partial charge in [-0.3, -0.25) is 13.6 Å². The molecule has 0 fully saturated rings. The number of nitrogens with zero attached hydrogens (tertiary/aromatic N) is 2. The minimum absolute atomic E-state index is 0.00738. The third-order valence-electron chi connectivity index (χ3n) is 3.52. The van der Waals surface area contributed by atoms with Gasteiger partial charge in [-0.2, -0.15) is 13.2 Å². The summed E-state index contributed by atoms with van der Waals surface area (Å²) >= 11 is 0. The second-order valence-electron chi connectivity index (χ2n) is 5.31. The summed E-state index contributed by atoms with van der Waals surface area (Å²) in [5.41, 5.74) is 0.243. The Kier molecular flexibility index (Phi) is 4.86. The van der Waals surface area contributed by atoms with Gasteiger partial charge < -0.3 is 9.72 Å². The van der Waals surface area contributed by atoms with E-state index >= 15 is 0 Å². The summed E-state index contributed by atoms with van der Waals surface area (Å²) in [6.45, 7) is 0.286. The van der Waals surface area contributed by atoms with Crippen LogP contribution in [0.5, 0.6) is 5.75 Å². The van der Waals surface area contributed by atoms with Gasteiger partial charge in [0.2, 0.25) is 5.16 Å². The van der Waals surface area contributed by atoms with E-state index in [0.717, 1.165) is 0 Å². The van der Waals surface area contributed by atoms with Crippen LogP contribution in [0.1, 0.15) is 6.92 Å². The maximum atomic E-state index is 12.8. The van der Waals surface area contributed by atoms with Crippen molar-refractivity contribution in [3.05, 3.63) is 46.9 Å². The van der Waals surface area contributed by atoms with Crippen molar-refractivity contribution in [1.29, 1.82) is 0 Å². The molecule has 2 heterocycles. The zero-order valence-electron chi connectivity index (χ0n) is 13.5. The Morgan fingerprint density at radius 2 is 1.92 bits per heavy atom. The van der Waals surface area contributed by atoms with Gasteiger partial charge in [0.05, 0.1) is 21.9 Å². The molecule has 1 aromatic carbocycles. The van der Waals surface area contributed by atoms with Crippen LogP contribution >= 0.6 is 0 Å². The van der Waals surface area contributed by atoms with E-state index in [1.165, 1.54) is 28.8 Å². The van der Waals surface area contributed by atoms with Crippen molar-refractivity contribution < 1.29 is 22.1 Å². The van der Waals surface area contributed by atoms with Crippen molar-refractivity contribution in [2.24, 2.45) is 0 Å². The number of aromatic amines is 1. The van der Waals surface area contributed by atoms with Gasteiger partial charge in [-0.25, -0.2) is 4.98 Å². The molecule has 1 atom stereocenters. The van der Waals surface area contributed by atoms with Crippen molar-refractivity contribution >= 4 is 21.8 Å². The second-order valence-corrected chi connectivity index (χ2v) is 6.94. The monoisotopic (exact) mass is 385 g/mol. The minimum atomic E-state index is -4.44. The van der Waals surface area contributed by atoms with E-state index in [1.807, 2.05) is 0 Å². The third-order valence-corrected chi connectivity index (χ3v) is 4.73. The molecule has 3 aromatic rings. The summed E-state index contributed by atoms with van der Waals surface area (Å²) in [6.07, 6.45) is -2.89. The second kappa shape index (κ2) is 6.94. The molecule has 10 heteroatoms. The Bertz CT molecular complexity index is 1010. The molecule has 2 aromatic heterocycles. The van der Waals surface area contributed by atoms with Crippen molar-refractivity contribution in [3.63, 3.8) is 0 Å². The first-order chi connectivity index (χ1) is 12.3. The molecule has 0 saturated carbocycles. The highest BCUT2D eigenvalue weighted by Gasteiger charge is 2.28. The number of halogens is 3. The number of hydrogen-bond acceptors (Lipinski definition) is 4. The summed E-state index contributed by atoms with van der Waals surface area (Å²) < 4.78 is 54.8. The minimum Gasteiger partial charge on any atom is -0.484 e. The topological polar surface area (TPSA) is 77.0 Å². The van der Waals surface area contributed by atoms with Gasteiger partial charge in [-0.15, -0.1) is 0 Å². The Labute approximate surface area is 148 Å². The molecule has 1 unspecified atom stereocenters. The maximum absolute atomic E-state index is 12.8. The first-order valence-electron chi connectivity index (χ1n) is 7.58. The zero-order chi connectivity index (χ0) is 18.9. The fourth-order valence-electron chi connectivity index (χ4n) is 2.34. The summed E-state index contributed by atoms with van der Waals surface area (Å²) in [5.74, 6) is 0.263. The van der Waals surface area contributed by atoms with E-state index in [9.17, 15) is 22.2 Å². The summed E-state index contributed by atoms with van der Waals surface area (Å²) in [4.78, 5) is 19.8. The molecular weight excluding hydrogens is 371 g/mol. The van der Waals surface area contributed by atoms with Crippen LogP contribution in [0.3, 0.4) is 0 Å². The van der Waals surface area contributed by atoms with E-state index in [-0.39, 0.29) is 16.7 Å². The van der Waals surface area contributed by atoms with E-state index in [2.05, 4.69) is 14.7 Å². The Morgan fingerprint density at radius 3 is 2.54 bits per heavy atom. The van der Waals surface area contributed by atoms with E-state index in [0.29, 0.717) is 16.7 Å². The van der Waals surface area contributed by atoms with Gasteiger partial charge in [0.1, 0.15) is 11.4 Å². The lowest BCUT2D eigenvalue weighted by molar-refractivity contribution is -0.153. The summed E-state index contributed by atoms with van der Waals surface area (Å²) in [5, 5.41) is 0.385. The lowest BCUT2D eigenvalue weighted by Crippen LogP contribution is -2.24. The molecule has 0 aliphatic heterocycles. The number of H-pyrrole nitrogens is 1. The fourth-order valence-corrected chi connectivity index (χ4v) is 3.19. The fraction of sp³-hybridized carbons (Fsp3) is 0.250. The van der Waals surface area contributed by atoms with Crippen molar-refractivity contribution in [1.82, 2.24) is 14.5 Å². The van der Waals surface area contributed by atoms with Crippen LogP contribution in [0.15, 0.2) is 46.5 Å². The third kappa shape index (κ3) is 3.64. The highest BCUT2D eigenvalue weighted by atomic mass is 32.2. The molecule has 0 amide bonds. The van der Waals surface area contributed by atoms with Gasteiger partial charge >= 0.3 is 6.18 Å². The normalized spacial score (nSPS) is 13.1. The smallest absolute Gasteiger partial charge is 0.422 e. The van der Waals surface area contributed by atoms with E-state index in [4.69, 9.17) is 0 Å². The van der Waals surface area contributed by atoms with Gasteiger partial charge in [-0.1, -0.05) is 6.92 Å². The van der Waals surface area contributed by atoms with Crippen LogP contribution in [0, 0.1) is 0 Å². The molecule has 0 spiro atoms. The molecule has 0 saturated heterocycles. The SMILES string of the molecule is CCS(=O)c1nc2[nH]ccc2c(=O)n1-c1ccc(OCC(F)(F)F)cc1. The molecule has 0 bridgehead atoms. The summed E-state index contributed by atoms with van der Waals surface area (Å²) in [6, 6.07) is 7.02. The Balaban J connectivity index is 2.05. The van der Waals surface area contributed by atoms with Gasteiger partial charge in [0.25, 0.3) is 5.56 Å². The van der Waals surface area contributed by atoms with Crippen LogP contribution in [-0.2, 0) is 10.8 Å². The average Bonchev–Trinajstić information content (AvgIpc) is 3.08. The van der Waals surface area contributed by atoms with Crippen molar-refractivity contribution in [3.8, 4) is 11.4 Å². The molecule has 26 heavy (non-hydrogen) atoms. The first kappa shape index (κ1) is 18.2. The Morgan fingerprint density at radius 1 is 1.23 bits per heavy atom. The number of aromatic nitrogens is 3. The van der Waals surface area contributed by atoms with E-state index < -0.39 is 29.1 Å². The number of benzene rings is 1. The lowest BCUT2D eigenvalue weighted by atomic mass is 10.3. The molecule has 1 N–H and O–H groups in total. The van der Waals surface area contributed by atoms with Crippen molar-refractivity contribution in [2.45, 2.75) is 18.3 Å². The van der Waals surface area contributed by atoms with Gasteiger partial charge in [0, 0.05) is 11.9 Å². The number of rotatable bonds is 5. The molecule has 138 valence electrons. The number of nitrogens with one attached hydrogen (secondary N) is 1. The molecule has 6 nitrogen and oxygen atoms in total. The van der Waals surface area contributed by atoms with Gasteiger partial charge in [-0.05, 0) is 30.3 Å². The lowest BCUT2D eigenvalue weighted by Gasteiger charge is -2.13. The average molecular weight is 385 g/mol. The van der Waals surface area contributed by atoms with Crippen LogP contribution in [-0.4, -0.2) is 37.3 Å². The number of alkyl halides is 3. The quantitative estimate of drug-likeness (QED) is 0.685. The highest BCUT2D eigenvalue weighted by molar-refractivity contribution is 7.84. The van der Waals surface area contributed by atoms with Crippen LogP contribution in [0.25, 0.3) is 16.7 Å². The molecule has 0 aliphatic carbocycles. The predicted molar refractivity (Wildman–Crippen MR) is 90.2 cm³/mol. The largest absolute Gasteiger partial charge is 0.484 e. The first-order valence-corrected chi connectivity index (χ1v) is 8.90. The van der Waals surface area contributed by atoms with Crippen LogP contribution in [0.4, 0.5) is 13.2 Å². The maximum Gasteiger partial charge on any atom is 0.422 e. The highest BCUT2D eigenvalue weighted by Crippen LogP contribution is 2.21. The van der Waals surface area contributed by atoms with Crippen LogP contribution < -0.4 is 10.3 Å². The predicted octanol–water partition coefficient (Wildman–Crippen LogP) is 2.78. The van der Waals surface area contributed by atoms with E-state index in [1.54, 1.807) is 19.2 Å². The molecule has 0 radical (unpaired) electrons. The zero-order valence-corrected chi connectivity index (χ0v) is 14.4. The van der Waals surface area contributed by atoms with Crippen LogP contribution in [0.2, 0.25) is 0 Å². The number of fused-ring (bicyclic) bond motifs is 1.